The Morgan fingerprint density at radius 3 is 2.27 bits per heavy atom. The SMILES string of the molecule is COc1ccccc1C(=O)/C=C/C(=C(\C)Br)c1ccccc1. The van der Waals surface area contributed by atoms with Gasteiger partial charge in [-0.15, -0.1) is 0 Å². The first-order chi connectivity index (χ1) is 10.6. The second kappa shape index (κ2) is 7.76. The van der Waals surface area contributed by atoms with E-state index in [9.17, 15) is 4.79 Å². The summed E-state index contributed by atoms with van der Waals surface area (Å²) in [5.74, 6) is 0.498. The number of benzene rings is 2. The summed E-state index contributed by atoms with van der Waals surface area (Å²) >= 11 is 3.50. The molecule has 0 spiro atoms. The monoisotopic (exact) mass is 356 g/mol. The van der Waals surface area contributed by atoms with Crippen LogP contribution in [0.3, 0.4) is 0 Å². The molecule has 0 aromatic heterocycles. The van der Waals surface area contributed by atoms with Crippen LogP contribution in [0.4, 0.5) is 0 Å². The van der Waals surface area contributed by atoms with Crippen molar-refractivity contribution in [1.82, 2.24) is 0 Å². The second-order valence-corrected chi connectivity index (χ2v) is 5.90. The zero-order valence-corrected chi connectivity index (χ0v) is 14.1. The molecule has 2 rings (SSSR count). The van der Waals surface area contributed by atoms with E-state index < -0.39 is 0 Å². The largest absolute Gasteiger partial charge is 0.496 e. The molecule has 2 aromatic carbocycles. The number of carbonyl (C=O) groups excluding carboxylic acids is 1. The maximum atomic E-state index is 12.4. The number of halogens is 1. The maximum Gasteiger partial charge on any atom is 0.189 e. The van der Waals surface area contributed by atoms with E-state index in [0.717, 1.165) is 15.6 Å². The van der Waals surface area contributed by atoms with Crippen molar-refractivity contribution >= 4 is 27.3 Å². The molecule has 0 fully saturated rings. The lowest BCUT2D eigenvalue weighted by atomic mass is 10.0. The highest BCUT2D eigenvalue weighted by atomic mass is 79.9. The summed E-state index contributed by atoms with van der Waals surface area (Å²) in [6.45, 7) is 1.96. The molecule has 2 aromatic rings. The summed E-state index contributed by atoms with van der Waals surface area (Å²) in [7, 11) is 1.56. The van der Waals surface area contributed by atoms with Gasteiger partial charge in [-0.05, 0) is 46.8 Å². The van der Waals surface area contributed by atoms with Crippen molar-refractivity contribution < 1.29 is 9.53 Å². The minimum absolute atomic E-state index is 0.0837. The number of para-hydroxylation sites is 1. The third-order valence-electron chi connectivity index (χ3n) is 3.23. The minimum atomic E-state index is -0.0837. The Morgan fingerprint density at radius 2 is 1.64 bits per heavy atom. The molecule has 0 amide bonds. The number of methoxy groups -OCH3 is 1. The molecular formula is C19H17BrO2. The molecule has 0 unspecified atom stereocenters. The van der Waals surface area contributed by atoms with Crippen LogP contribution in [0.1, 0.15) is 22.8 Å². The van der Waals surface area contributed by atoms with Gasteiger partial charge in [0.05, 0.1) is 12.7 Å². The van der Waals surface area contributed by atoms with Crippen molar-refractivity contribution in [2.75, 3.05) is 7.11 Å². The van der Waals surface area contributed by atoms with Crippen LogP contribution in [0, 0.1) is 0 Å². The summed E-state index contributed by atoms with van der Waals surface area (Å²) in [6, 6.07) is 17.2. The molecule has 0 aliphatic heterocycles. The average Bonchev–Trinajstić information content (AvgIpc) is 2.55. The molecule has 2 nitrogen and oxygen atoms in total. The van der Waals surface area contributed by atoms with E-state index in [1.807, 2.05) is 55.5 Å². The molecular weight excluding hydrogens is 340 g/mol. The van der Waals surface area contributed by atoms with Crippen LogP contribution in [-0.2, 0) is 0 Å². The molecule has 0 heterocycles. The van der Waals surface area contributed by atoms with Gasteiger partial charge in [0.2, 0.25) is 0 Å². The number of allylic oxidation sites excluding steroid dienone is 4. The van der Waals surface area contributed by atoms with E-state index in [2.05, 4.69) is 15.9 Å². The first kappa shape index (κ1) is 16.2. The third kappa shape index (κ3) is 3.95. The average molecular weight is 357 g/mol. The van der Waals surface area contributed by atoms with Gasteiger partial charge in [-0.3, -0.25) is 4.79 Å². The van der Waals surface area contributed by atoms with Crippen LogP contribution in [0.2, 0.25) is 0 Å². The normalized spacial score (nSPS) is 12.1. The van der Waals surface area contributed by atoms with Gasteiger partial charge in [-0.1, -0.05) is 58.4 Å². The Morgan fingerprint density at radius 1 is 1.00 bits per heavy atom. The topological polar surface area (TPSA) is 26.3 Å². The lowest BCUT2D eigenvalue weighted by Crippen LogP contribution is -1.98. The fourth-order valence-electron chi connectivity index (χ4n) is 2.12. The van der Waals surface area contributed by atoms with E-state index >= 15 is 0 Å². The lowest BCUT2D eigenvalue weighted by Gasteiger charge is -2.06. The van der Waals surface area contributed by atoms with Crippen molar-refractivity contribution in [3.8, 4) is 5.75 Å². The predicted octanol–water partition coefficient (Wildman–Crippen LogP) is 5.26. The molecule has 112 valence electrons. The van der Waals surface area contributed by atoms with Crippen molar-refractivity contribution in [2.24, 2.45) is 0 Å². The van der Waals surface area contributed by atoms with Crippen LogP contribution >= 0.6 is 15.9 Å². The van der Waals surface area contributed by atoms with Gasteiger partial charge < -0.3 is 4.74 Å². The Bertz CT molecular complexity index is 711. The van der Waals surface area contributed by atoms with Gasteiger partial charge in [0.15, 0.2) is 5.78 Å². The molecule has 3 heteroatoms. The Labute approximate surface area is 139 Å². The first-order valence-electron chi connectivity index (χ1n) is 6.90. The van der Waals surface area contributed by atoms with E-state index in [1.54, 1.807) is 25.3 Å². The molecule has 0 atom stereocenters. The van der Waals surface area contributed by atoms with E-state index in [4.69, 9.17) is 4.74 Å². The summed E-state index contributed by atoms with van der Waals surface area (Å²) in [4.78, 5) is 12.4. The number of rotatable bonds is 5. The third-order valence-corrected chi connectivity index (χ3v) is 3.66. The number of hydrogen-bond donors (Lipinski definition) is 0. The highest BCUT2D eigenvalue weighted by molar-refractivity contribution is 9.11. The van der Waals surface area contributed by atoms with Gasteiger partial charge in [0.1, 0.15) is 5.75 Å². The summed E-state index contributed by atoms with van der Waals surface area (Å²) in [5.41, 5.74) is 2.59. The van der Waals surface area contributed by atoms with Crippen molar-refractivity contribution in [3.05, 3.63) is 82.4 Å². The van der Waals surface area contributed by atoms with Gasteiger partial charge in [-0.25, -0.2) is 0 Å². The predicted molar refractivity (Wildman–Crippen MR) is 94.4 cm³/mol. The van der Waals surface area contributed by atoms with Gasteiger partial charge in [0.25, 0.3) is 0 Å². The highest BCUT2D eigenvalue weighted by Gasteiger charge is 2.09. The maximum absolute atomic E-state index is 12.4. The minimum Gasteiger partial charge on any atom is -0.496 e. The van der Waals surface area contributed by atoms with Crippen LogP contribution in [0.5, 0.6) is 5.75 Å². The molecule has 0 aliphatic rings. The summed E-state index contributed by atoms with van der Waals surface area (Å²) < 4.78 is 6.20. The lowest BCUT2D eigenvalue weighted by molar-refractivity contribution is 0.104. The van der Waals surface area contributed by atoms with E-state index in [0.29, 0.717) is 11.3 Å². The fourth-order valence-corrected chi connectivity index (χ4v) is 2.49. The van der Waals surface area contributed by atoms with Crippen LogP contribution in [0.25, 0.3) is 5.57 Å². The molecule has 0 radical (unpaired) electrons. The molecule has 0 saturated carbocycles. The molecule has 0 aliphatic carbocycles. The number of hydrogen-bond acceptors (Lipinski definition) is 2. The molecule has 0 N–H and O–H groups in total. The van der Waals surface area contributed by atoms with Crippen LogP contribution in [-0.4, -0.2) is 12.9 Å². The van der Waals surface area contributed by atoms with Gasteiger partial charge in [-0.2, -0.15) is 0 Å². The highest BCUT2D eigenvalue weighted by Crippen LogP contribution is 2.24. The Kier molecular flexibility index (Phi) is 5.73. The number of carbonyl (C=O) groups is 1. The first-order valence-corrected chi connectivity index (χ1v) is 7.70. The van der Waals surface area contributed by atoms with E-state index in [1.165, 1.54) is 0 Å². The zero-order valence-electron chi connectivity index (χ0n) is 12.5. The number of ketones is 1. The van der Waals surface area contributed by atoms with Crippen LogP contribution < -0.4 is 4.74 Å². The standard InChI is InChI=1S/C19H17BrO2/c1-14(20)16(15-8-4-3-5-9-15)12-13-18(21)17-10-6-7-11-19(17)22-2/h3-13H,1-2H3/b13-12+,16-14-. The number of ether oxygens (including phenoxy) is 1. The summed E-state index contributed by atoms with van der Waals surface area (Å²) in [6.07, 6.45) is 3.40. The van der Waals surface area contributed by atoms with Gasteiger partial charge >= 0.3 is 0 Å². The summed E-state index contributed by atoms with van der Waals surface area (Å²) in [5, 5.41) is 0. The van der Waals surface area contributed by atoms with Crippen molar-refractivity contribution in [3.63, 3.8) is 0 Å². The molecule has 0 saturated heterocycles. The smallest absolute Gasteiger partial charge is 0.189 e. The fraction of sp³-hybridized carbons (Fsp3) is 0.105. The molecule has 0 bridgehead atoms. The van der Waals surface area contributed by atoms with Crippen molar-refractivity contribution in [2.45, 2.75) is 6.92 Å². The van der Waals surface area contributed by atoms with Gasteiger partial charge in [0, 0.05) is 0 Å². The van der Waals surface area contributed by atoms with E-state index in [-0.39, 0.29) is 5.78 Å². The second-order valence-electron chi connectivity index (χ2n) is 4.71. The molecule has 22 heavy (non-hydrogen) atoms. The van der Waals surface area contributed by atoms with Crippen LogP contribution in [0.15, 0.2) is 71.2 Å². The Hall–Kier alpha value is -2.13. The zero-order chi connectivity index (χ0) is 15.9. The van der Waals surface area contributed by atoms with Crippen molar-refractivity contribution in [1.29, 1.82) is 0 Å². The Balaban J connectivity index is 2.30. The quantitative estimate of drug-likeness (QED) is 0.415.